The predicted molar refractivity (Wildman–Crippen MR) is 90.6 cm³/mol. The molecular weight excluding hydrogens is 282 g/mol. The van der Waals surface area contributed by atoms with Gasteiger partial charge < -0.3 is 14.8 Å². The highest BCUT2D eigenvalue weighted by Gasteiger charge is 2.36. The number of fused-ring (bicyclic) bond motifs is 1. The van der Waals surface area contributed by atoms with Gasteiger partial charge in [-0.25, -0.2) is 0 Å². The summed E-state index contributed by atoms with van der Waals surface area (Å²) < 4.78 is 11.3. The second kappa shape index (κ2) is 6.93. The molecule has 0 saturated carbocycles. The molecule has 1 aliphatic rings. The normalized spacial score (nSPS) is 21.3. The Balaban J connectivity index is 2.62. The number of hydrogen-bond donors (Lipinski definition) is 1. The molecule has 2 atom stereocenters. The molecule has 0 aromatic heterocycles. The number of methoxy groups -OCH3 is 2. The zero-order valence-corrected chi connectivity index (χ0v) is 14.8. The van der Waals surface area contributed by atoms with E-state index in [1.807, 2.05) is 11.8 Å². The van der Waals surface area contributed by atoms with Gasteiger partial charge in [-0.2, -0.15) is 11.8 Å². The fraction of sp³-hybridized carbons (Fsp3) is 0.647. The molecule has 0 fully saturated rings. The first-order chi connectivity index (χ1) is 10.0. The molecule has 1 aromatic rings. The monoisotopic (exact) mass is 309 g/mol. The Hall–Kier alpha value is -0.870. The Morgan fingerprint density at radius 3 is 2.57 bits per heavy atom. The number of rotatable bonds is 5. The van der Waals surface area contributed by atoms with E-state index in [1.165, 1.54) is 16.7 Å². The second-order valence-corrected chi connectivity index (χ2v) is 7.04. The molecule has 4 heteroatoms. The minimum Gasteiger partial charge on any atom is -0.493 e. The highest BCUT2D eigenvalue weighted by Crippen LogP contribution is 2.49. The van der Waals surface area contributed by atoms with E-state index in [2.05, 4.69) is 39.1 Å². The van der Waals surface area contributed by atoms with Crippen molar-refractivity contribution in [3.05, 3.63) is 22.8 Å². The summed E-state index contributed by atoms with van der Waals surface area (Å²) in [5, 5.41) is 4.22. The van der Waals surface area contributed by atoms with Crippen molar-refractivity contribution in [2.45, 2.75) is 44.7 Å². The van der Waals surface area contributed by atoms with Gasteiger partial charge in [0.15, 0.2) is 11.5 Å². The summed E-state index contributed by atoms with van der Waals surface area (Å²) in [4.78, 5) is 0. The zero-order valence-electron chi connectivity index (χ0n) is 13.9. The Bertz CT molecular complexity index is 502. The molecule has 2 unspecified atom stereocenters. The molecule has 2 rings (SSSR count). The van der Waals surface area contributed by atoms with Crippen LogP contribution in [0.5, 0.6) is 11.5 Å². The molecule has 21 heavy (non-hydrogen) atoms. The molecule has 0 aliphatic carbocycles. The Labute approximate surface area is 132 Å². The highest BCUT2D eigenvalue weighted by molar-refractivity contribution is 7.99. The number of hydrogen-bond acceptors (Lipinski definition) is 4. The second-order valence-electron chi connectivity index (χ2n) is 5.88. The van der Waals surface area contributed by atoms with Crippen molar-refractivity contribution in [2.24, 2.45) is 5.92 Å². The van der Waals surface area contributed by atoms with E-state index in [4.69, 9.17) is 9.47 Å². The molecule has 3 nitrogen and oxygen atoms in total. The van der Waals surface area contributed by atoms with E-state index >= 15 is 0 Å². The van der Waals surface area contributed by atoms with Gasteiger partial charge in [0.05, 0.1) is 14.2 Å². The fourth-order valence-electron chi connectivity index (χ4n) is 3.17. The summed E-state index contributed by atoms with van der Waals surface area (Å²) in [7, 11) is 3.45. The third-order valence-corrected chi connectivity index (χ3v) is 5.84. The van der Waals surface area contributed by atoms with E-state index < -0.39 is 0 Å². The SMILES string of the molecule is CCNC1c2c(c(C)cc(OC)c2OC)CSC1C(C)C. The minimum absolute atomic E-state index is 0.312. The standard InChI is InChI=1S/C17H27NO2S/c1-7-18-15-14-12(9-21-17(15)10(2)3)11(4)8-13(19-5)16(14)20-6/h8,10,15,17-18H,7,9H2,1-6H3. The van der Waals surface area contributed by atoms with Crippen LogP contribution in [0, 0.1) is 12.8 Å². The Morgan fingerprint density at radius 1 is 1.33 bits per heavy atom. The van der Waals surface area contributed by atoms with Crippen LogP contribution in [0.1, 0.15) is 43.5 Å². The van der Waals surface area contributed by atoms with E-state index in [1.54, 1.807) is 14.2 Å². The first-order valence-corrected chi connectivity index (χ1v) is 8.69. The van der Waals surface area contributed by atoms with Gasteiger partial charge in [0.1, 0.15) is 0 Å². The van der Waals surface area contributed by atoms with Crippen molar-refractivity contribution in [1.29, 1.82) is 0 Å². The van der Waals surface area contributed by atoms with Crippen LogP contribution in [-0.2, 0) is 5.75 Å². The van der Waals surface area contributed by atoms with E-state index in [9.17, 15) is 0 Å². The molecule has 0 spiro atoms. The minimum atomic E-state index is 0.312. The molecule has 0 saturated heterocycles. The molecule has 0 bridgehead atoms. The molecule has 118 valence electrons. The number of benzene rings is 1. The first-order valence-electron chi connectivity index (χ1n) is 7.64. The van der Waals surface area contributed by atoms with Gasteiger partial charge in [-0.05, 0) is 36.6 Å². The van der Waals surface area contributed by atoms with Crippen LogP contribution in [0.3, 0.4) is 0 Å². The van der Waals surface area contributed by atoms with E-state index in [0.29, 0.717) is 17.2 Å². The molecular formula is C17H27NO2S. The average Bonchev–Trinajstić information content (AvgIpc) is 2.47. The lowest BCUT2D eigenvalue weighted by Crippen LogP contribution is -2.37. The fourth-order valence-corrected chi connectivity index (χ4v) is 4.72. The summed E-state index contributed by atoms with van der Waals surface area (Å²) in [6.07, 6.45) is 0. The van der Waals surface area contributed by atoms with Crippen LogP contribution in [-0.4, -0.2) is 26.0 Å². The summed E-state index contributed by atoms with van der Waals surface area (Å²) in [5.74, 6) is 3.40. The molecule has 0 amide bonds. The van der Waals surface area contributed by atoms with Gasteiger partial charge in [-0.3, -0.25) is 0 Å². The van der Waals surface area contributed by atoms with Gasteiger partial charge in [0.2, 0.25) is 0 Å². The van der Waals surface area contributed by atoms with Crippen LogP contribution >= 0.6 is 11.8 Å². The van der Waals surface area contributed by atoms with Crippen LogP contribution in [0.15, 0.2) is 6.07 Å². The third-order valence-electron chi connectivity index (χ3n) is 4.18. The number of nitrogens with one attached hydrogen (secondary N) is 1. The van der Waals surface area contributed by atoms with Crippen molar-refractivity contribution in [2.75, 3.05) is 20.8 Å². The van der Waals surface area contributed by atoms with Gasteiger partial charge in [-0.15, -0.1) is 0 Å². The Kier molecular flexibility index (Phi) is 5.44. The maximum Gasteiger partial charge on any atom is 0.165 e. The maximum absolute atomic E-state index is 5.72. The maximum atomic E-state index is 5.72. The molecule has 1 aromatic carbocycles. The largest absolute Gasteiger partial charge is 0.493 e. The van der Waals surface area contributed by atoms with Crippen LogP contribution in [0.4, 0.5) is 0 Å². The van der Waals surface area contributed by atoms with Crippen molar-refractivity contribution in [1.82, 2.24) is 5.32 Å². The summed E-state index contributed by atoms with van der Waals surface area (Å²) in [5.41, 5.74) is 3.99. The predicted octanol–water partition coefficient (Wildman–Crippen LogP) is 3.93. The lowest BCUT2D eigenvalue weighted by atomic mass is 9.89. The van der Waals surface area contributed by atoms with E-state index in [0.717, 1.165) is 23.8 Å². The lowest BCUT2D eigenvalue weighted by molar-refractivity contribution is 0.340. The quantitative estimate of drug-likeness (QED) is 0.892. The lowest BCUT2D eigenvalue weighted by Gasteiger charge is -2.38. The van der Waals surface area contributed by atoms with Crippen molar-refractivity contribution in [3.63, 3.8) is 0 Å². The van der Waals surface area contributed by atoms with Crippen LogP contribution in [0.2, 0.25) is 0 Å². The Morgan fingerprint density at radius 2 is 2.05 bits per heavy atom. The van der Waals surface area contributed by atoms with Crippen molar-refractivity contribution >= 4 is 11.8 Å². The third kappa shape index (κ3) is 3.02. The molecule has 1 N–H and O–H groups in total. The molecule has 1 heterocycles. The highest BCUT2D eigenvalue weighted by atomic mass is 32.2. The van der Waals surface area contributed by atoms with Crippen LogP contribution in [0.25, 0.3) is 0 Å². The number of thioether (sulfide) groups is 1. The van der Waals surface area contributed by atoms with Gasteiger partial charge >= 0.3 is 0 Å². The average molecular weight is 309 g/mol. The smallest absolute Gasteiger partial charge is 0.165 e. The zero-order chi connectivity index (χ0) is 15.6. The summed E-state index contributed by atoms with van der Waals surface area (Å²) in [6, 6.07) is 2.41. The summed E-state index contributed by atoms with van der Waals surface area (Å²) >= 11 is 2.05. The number of aryl methyl sites for hydroxylation is 1. The van der Waals surface area contributed by atoms with Crippen LogP contribution < -0.4 is 14.8 Å². The van der Waals surface area contributed by atoms with Gasteiger partial charge in [0, 0.05) is 22.6 Å². The topological polar surface area (TPSA) is 30.5 Å². The van der Waals surface area contributed by atoms with Crippen molar-refractivity contribution in [3.8, 4) is 11.5 Å². The van der Waals surface area contributed by atoms with Gasteiger partial charge in [-0.1, -0.05) is 20.8 Å². The molecule has 0 radical (unpaired) electrons. The van der Waals surface area contributed by atoms with Crippen molar-refractivity contribution < 1.29 is 9.47 Å². The molecule has 1 aliphatic heterocycles. The first kappa shape index (κ1) is 16.5. The van der Waals surface area contributed by atoms with E-state index in [-0.39, 0.29) is 0 Å². The number of ether oxygens (including phenoxy) is 2. The summed E-state index contributed by atoms with van der Waals surface area (Å²) in [6.45, 7) is 9.88. The van der Waals surface area contributed by atoms with Gasteiger partial charge in [0.25, 0.3) is 0 Å².